The molecule has 2 atom stereocenters. The minimum atomic E-state index is -0.507. The standard InChI is InChI=1S/C20H20ClN3O3/c1-12-3-6-18-14(9-12)16-11-22(2)8-7-19(16)23(18)20(25)15-10-13(24(26)27)4-5-17(15)21/h3-6,9-10,16,19H,7-8,11H2,1-2H3/t16-,19+/m1/s1. The van der Waals surface area contributed by atoms with Crippen molar-refractivity contribution in [2.24, 2.45) is 0 Å². The molecule has 0 radical (unpaired) electrons. The highest BCUT2D eigenvalue weighted by atomic mass is 35.5. The molecule has 1 saturated heterocycles. The number of hydrogen-bond acceptors (Lipinski definition) is 4. The van der Waals surface area contributed by atoms with E-state index in [1.165, 1.54) is 23.8 Å². The molecule has 1 amide bonds. The second-order valence-electron chi connectivity index (χ2n) is 7.38. The number of benzene rings is 2. The van der Waals surface area contributed by atoms with E-state index in [2.05, 4.69) is 18.0 Å². The topological polar surface area (TPSA) is 66.7 Å². The van der Waals surface area contributed by atoms with Crippen LogP contribution in [0.5, 0.6) is 0 Å². The summed E-state index contributed by atoms with van der Waals surface area (Å²) in [5.41, 5.74) is 3.26. The lowest BCUT2D eigenvalue weighted by atomic mass is 9.88. The van der Waals surface area contributed by atoms with Gasteiger partial charge in [0.15, 0.2) is 0 Å². The molecular weight excluding hydrogens is 366 g/mol. The maximum atomic E-state index is 13.4. The van der Waals surface area contributed by atoms with Crippen LogP contribution in [0.15, 0.2) is 36.4 Å². The van der Waals surface area contributed by atoms with E-state index in [4.69, 9.17) is 11.6 Å². The van der Waals surface area contributed by atoms with Crippen LogP contribution in [0.25, 0.3) is 0 Å². The summed E-state index contributed by atoms with van der Waals surface area (Å²) in [4.78, 5) is 28.1. The Hall–Kier alpha value is -2.44. The number of amides is 1. The van der Waals surface area contributed by atoms with Crippen molar-refractivity contribution in [2.75, 3.05) is 25.0 Å². The van der Waals surface area contributed by atoms with Crippen LogP contribution in [-0.4, -0.2) is 41.9 Å². The third-order valence-corrected chi connectivity index (χ3v) is 5.89. The number of hydrogen-bond donors (Lipinski definition) is 0. The van der Waals surface area contributed by atoms with Crippen LogP contribution in [0.3, 0.4) is 0 Å². The molecule has 2 heterocycles. The highest BCUT2D eigenvalue weighted by Gasteiger charge is 2.44. The third kappa shape index (κ3) is 2.99. The van der Waals surface area contributed by atoms with E-state index in [1.807, 2.05) is 19.1 Å². The van der Waals surface area contributed by atoms with Gasteiger partial charge < -0.3 is 9.80 Å². The van der Waals surface area contributed by atoms with E-state index < -0.39 is 4.92 Å². The zero-order valence-electron chi connectivity index (χ0n) is 15.2. The molecule has 4 rings (SSSR count). The maximum Gasteiger partial charge on any atom is 0.270 e. The first-order chi connectivity index (χ1) is 12.9. The van der Waals surface area contributed by atoms with Gasteiger partial charge in [-0.05, 0) is 44.6 Å². The number of aryl methyl sites for hydroxylation is 1. The molecule has 7 heteroatoms. The van der Waals surface area contributed by atoms with E-state index in [0.29, 0.717) is 0 Å². The van der Waals surface area contributed by atoms with E-state index in [0.717, 1.165) is 30.8 Å². The van der Waals surface area contributed by atoms with Gasteiger partial charge >= 0.3 is 0 Å². The quantitative estimate of drug-likeness (QED) is 0.578. The fourth-order valence-electron chi connectivity index (χ4n) is 4.27. The van der Waals surface area contributed by atoms with Gasteiger partial charge in [-0.25, -0.2) is 0 Å². The average Bonchev–Trinajstić information content (AvgIpc) is 2.94. The molecule has 2 aromatic rings. The normalized spacial score (nSPS) is 21.7. The van der Waals surface area contributed by atoms with Gasteiger partial charge in [0.2, 0.25) is 0 Å². The Morgan fingerprint density at radius 2 is 2.04 bits per heavy atom. The lowest BCUT2D eigenvalue weighted by Gasteiger charge is -2.36. The Balaban J connectivity index is 1.80. The number of nitro groups is 1. The number of fused-ring (bicyclic) bond motifs is 3. The number of likely N-dealkylation sites (N-methyl/N-ethyl adjacent to an activating group) is 1. The van der Waals surface area contributed by atoms with Gasteiger partial charge in [0.1, 0.15) is 0 Å². The van der Waals surface area contributed by atoms with Gasteiger partial charge in [-0.3, -0.25) is 14.9 Å². The van der Waals surface area contributed by atoms with Gasteiger partial charge in [-0.1, -0.05) is 29.3 Å². The molecule has 0 bridgehead atoms. The molecule has 0 unspecified atom stereocenters. The highest BCUT2D eigenvalue weighted by Crippen LogP contribution is 2.46. The zero-order valence-corrected chi connectivity index (χ0v) is 15.9. The number of nitrogens with zero attached hydrogens (tertiary/aromatic N) is 3. The largest absolute Gasteiger partial charge is 0.306 e. The number of rotatable bonds is 2. The first kappa shape index (κ1) is 17.9. The molecule has 2 aromatic carbocycles. The Morgan fingerprint density at radius 1 is 1.26 bits per heavy atom. The van der Waals surface area contributed by atoms with Crippen molar-refractivity contribution in [1.29, 1.82) is 0 Å². The van der Waals surface area contributed by atoms with E-state index in [9.17, 15) is 14.9 Å². The van der Waals surface area contributed by atoms with Crippen LogP contribution in [-0.2, 0) is 0 Å². The summed E-state index contributed by atoms with van der Waals surface area (Å²) >= 11 is 6.25. The first-order valence-electron chi connectivity index (χ1n) is 8.93. The lowest BCUT2D eigenvalue weighted by Crippen LogP contribution is -2.47. The number of nitro benzene ring substituents is 1. The Bertz CT molecular complexity index is 946. The Kier molecular flexibility index (Phi) is 4.40. The summed E-state index contributed by atoms with van der Waals surface area (Å²) in [7, 11) is 2.09. The van der Waals surface area contributed by atoms with Crippen molar-refractivity contribution in [2.45, 2.75) is 25.3 Å². The number of carbonyl (C=O) groups is 1. The Labute approximate surface area is 162 Å². The predicted molar refractivity (Wildman–Crippen MR) is 105 cm³/mol. The molecule has 27 heavy (non-hydrogen) atoms. The molecule has 0 saturated carbocycles. The van der Waals surface area contributed by atoms with Crippen molar-refractivity contribution >= 4 is 28.9 Å². The number of non-ortho nitro benzene ring substituents is 1. The first-order valence-corrected chi connectivity index (χ1v) is 9.31. The third-order valence-electron chi connectivity index (χ3n) is 5.56. The Morgan fingerprint density at radius 3 is 2.78 bits per heavy atom. The number of likely N-dealkylation sites (tertiary alicyclic amines) is 1. The predicted octanol–water partition coefficient (Wildman–Crippen LogP) is 4.00. The maximum absolute atomic E-state index is 13.4. The highest BCUT2D eigenvalue weighted by molar-refractivity contribution is 6.34. The monoisotopic (exact) mass is 385 g/mol. The van der Waals surface area contributed by atoms with Gasteiger partial charge in [0.25, 0.3) is 11.6 Å². The lowest BCUT2D eigenvalue weighted by molar-refractivity contribution is -0.384. The summed E-state index contributed by atoms with van der Waals surface area (Å²) in [5, 5.41) is 11.4. The smallest absolute Gasteiger partial charge is 0.270 e. The minimum absolute atomic E-state index is 0.0424. The van der Waals surface area contributed by atoms with E-state index in [-0.39, 0.29) is 34.1 Å². The van der Waals surface area contributed by atoms with E-state index >= 15 is 0 Å². The van der Waals surface area contributed by atoms with Gasteiger partial charge in [-0.2, -0.15) is 0 Å². The molecule has 6 nitrogen and oxygen atoms in total. The van der Waals surface area contributed by atoms with Gasteiger partial charge in [0.05, 0.1) is 15.5 Å². The van der Waals surface area contributed by atoms with Crippen LogP contribution < -0.4 is 4.90 Å². The van der Waals surface area contributed by atoms with Crippen LogP contribution >= 0.6 is 11.6 Å². The average molecular weight is 386 g/mol. The number of halogens is 1. The summed E-state index contributed by atoms with van der Waals surface area (Å²) in [6.45, 7) is 3.83. The molecular formula is C20H20ClN3O3. The summed E-state index contributed by atoms with van der Waals surface area (Å²) < 4.78 is 0. The summed E-state index contributed by atoms with van der Waals surface area (Å²) in [5.74, 6) is -0.0362. The van der Waals surface area contributed by atoms with Gasteiger partial charge in [0, 0.05) is 36.3 Å². The minimum Gasteiger partial charge on any atom is -0.306 e. The molecule has 140 valence electrons. The molecule has 0 aromatic heterocycles. The van der Waals surface area contributed by atoms with E-state index in [1.54, 1.807) is 4.90 Å². The number of anilines is 1. The number of carbonyl (C=O) groups excluding carboxylic acids is 1. The molecule has 0 spiro atoms. The van der Waals surface area contributed by atoms with Crippen molar-refractivity contribution in [1.82, 2.24) is 4.90 Å². The number of piperidine rings is 1. The zero-order chi connectivity index (χ0) is 19.3. The van der Waals surface area contributed by atoms with Crippen molar-refractivity contribution < 1.29 is 9.72 Å². The second-order valence-corrected chi connectivity index (χ2v) is 7.79. The summed E-state index contributed by atoms with van der Waals surface area (Å²) in [6, 6.07) is 10.2. The molecule has 2 aliphatic rings. The fraction of sp³-hybridized carbons (Fsp3) is 0.350. The summed E-state index contributed by atoms with van der Waals surface area (Å²) in [6.07, 6.45) is 0.854. The van der Waals surface area contributed by atoms with Crippen LogP contribution in [0.1, 0.15) is 33.8 Å². The van der Waals surface area contributed by atoms with Gasteiger partial charge in [-0.15, -0.1) is 0 Å². The van der Waals surface area contributed by atoms with Crippen LogP contribution in [0, 0.1) is 17.0 Å². The van der Waals surface area contributed by atoms with Crippen molar-refractivity contribution in [3.63, 3.8) is 0 Å². The molecule has 0 aliphatic carbocycles. The van der Waals surface area contributed by atoms with Crippen molar-refractivity contribution in [3.8, 4) is 0 Å². The SMILES string of the molecule is Cc1ccc2c(c1)[C@H]1CN(C)CC[C@@H]1N2C(=O)c1cc([N+](=O)[O-])ccc1Cl. The van der Waals surface area contributed by atoms with Crippen LogP contribution in [0.2, 0.25) is 5.02 Å². The van der Waals surface area contributed by atoms with Crippen LogP contribution in [0.4, 0.5) is 11.4 Å². The fourth-order valence-corrected chi connectivity index (χ4v) is 4.47. The molecule has 1 fully saturated rings. The van der Waals surface area contributed by atoms with Crippen molar-refractivity contribution in [3.05, 3.63) is 68.2 Å². The molecule has 2 aliphatic heterocycles. The molecule has 0 N–H and O–H groups in total. The second kappa shape index (κ2) is 6.62.